The summed E-state index contributed by atoms with van der Waals surface area (Å²) in [5, 5.41) is 8.88. The number of rotatable bonds is 7. The fourth-order valence-electron chi connectivity index (χ4n) is 1.55. The molecular weight excluding hydrogens is 362 g/mol. The third-order valence-corrected chi connectivity index (χ3v) is 5.56. The Kier molecular flexibility index (Phi) is 6.33. The molecule has 1 rings (SSSR count). The number of likely N-dealkylation sites (N-methyl/N-ethyl adjacent to an activating group) is 1. The highest BCUT2D eigenvalue weighted by Gasteiger charge is 2.24. The predicted molar refractivity (Wildman–Crippen MR) is 82.0 cm³/mol. The highest BCUT2D eigenvalue weighted by Crippen LogP contribution is 2.25. The minimum Gasteiger partial charge on any atom is -0.478 e. The van der Waals surface area contributed by atoms with E-state index in [1.807, 2.05) is 13.8 Å². The van der Waals surface area contributed by atoms with Gasteiger partial charge in [-0.25, -0.2) is 13.2 Å². The SMILES string of the molecule is CC(C)OCCN(C)S(=O)(=O)c1ccc(C(=O)O)cc1Br. The monoisotopic (exact) mass is 379 g/mol. The van der Waals surface area contributed by atoms with Crippen LogP contribution in [0.2, 0.25) is 0 Å². The summed E-state index contributed by atoms with van der Waals surface area (Å²) in [5.41, 5.74) is 0.0200. The normalized spacial score (nSPS) is 12.1. The first-order valence-corrected chi connectivity index (χ1v) is 8.50. The van der Waals surface area contributed by atoms with E-state index < -0.39 is 16.0 Å². The summed E-state index contributed by atoms with van der Waals surface area (Å²) in [7, 11) is -2.24. The molecule has 0 radical (unpaired) electrons. The second-order valence-electron chi connectivity index (χ2n) is 4.70. The van der Waals surface area contributed by atoms with E-state index in [4.69, 9.17) is 9.84 Å². The first-order valence-electron chi connectivity index (χ1n) is 6.27. The van der Waals surface area contributed by atoms with Crippen molar-refractivity contribution in [1.29, 1.82) is 0 Å². The van der Waals surface area contributed by atoms with E-state index in [0.717, 1.165) is 0 Å². The molecule has 0 saturated heterocycles. The van der Waals surface area contributed by atoms with Crippen molar-refractivity contribution in [3.05, 3.63) is 28.2 Å². The quantitative estimate of drug-likeness (QED) is 0.784. The summed E-state index contributed by atoms with van der Waals surface area (Å²) < 4.78 is 31.5. The predicted octanol–water partition coefficient (Wildman–Crippen LogP) is 2.19. The van der Waals surface area contributed by atoms with Crippen molar-refractivity contribution in [2.24, 2.45) is 0 Å². The first-order chi connectivity index (χ1) is 9.66. The fraction of sp³-hybridized carbons (Fsp3) is 0.462. The number of carboxylic acid groups (broad SMARTS) is 1. The van der Waals surface area contributed by atoms with E-state index in [1.165, 1.54) is 29.6 Å². The van der Waals surface area contributed by atoms with Crippen LogP contribution in [-0.2, 0) is 14.8 Å². The molecule has 0 saturated carbocycles. The molecule has 0 aliphatic carbocycles. The van der Waals surface area contributed by atoms with E-state index in [9.17, 15) is 13.2 Å². The molecule has 0 aromatic heterocycles. The number of hydrogen-bond donors (Lipinski definition) is 1. The maximum atomic E-state index is 12.4. The van der Waals surface area contributed by atoms with Gasteiger partial charge in [-0.15, -0.1) is 0 Å². The van der Waals surface area contributed by atoms with Crippen LogP contribution < -0.4 is 0 Å². The number of nitrogens with zero attached hydrogens (tertiary/aromatic N) is 1. The lowest BCUT2D eigenvalue weighted by Crippen LogP contribution is -2.31. The van der Waals surface area contributed by atoms with Crippen LogP contribution in [0, 0.1) is 0 Å². The molecule has 0 spiro atoms. The van der Waals surface area contributed by atoms with Gasteiger partial charge in [-0.3, -0.25) is 0 Å². The van der Waals surface area contributed by atoms with Gasteiger partial charge in [0, 0.05) is 18.1 Å². The van der Waals surface area contributed by atoms with Crippen LogP contribution in [-0.4, -0.2) is 50.1 Å². The van der Waals surface area contributed by atoms with Gasteiger partial charge in [0.1, 0.15) is 0 Å². The van der Waals surface area contributed by atoms with Crippen molar-refractivity contribution in [2.75, 3.05) is 20.2 Å². The summed E-state index contributed by atoms with van der Waals surface area (Å²) >= 11 is 3.11. The maximum Gasteiger partial charge on any atom is 0.335 e. The van der Waals surface area contributed by atoms with Gasteiger partial charge < -0.3 is 9.84 Å². The van der Waals surface area contributed by atoms with Gasteiger partial charge in [0.2, 0.25) is 10.0 Å². The van der Waals surface area contributed by atoms with E-state index in [0.29, 0.717) is 0 Å². The third-order valence-electron chi connectivity index (χ3n) is 2.72. The van der Waals surface area contributed by atoms with E-state index in [-0.39, 0.29) is 34.2 Å². The molecule has 6 nitrogen and oxygen atoms in total. The van der Waals surface area contributed by atoms with Crippen LogP contribution in [0.3, 0.4) is 0 Å². The molecule has 0 heterocycles. The van der Waals surface area contributed by atoms with Crippen molar-refractivity contribution in [1.82, 2.24) is 4.31 Å². The van der Waals surface area contributed by atoms with Crippen molar-refractivity contribution in [2.45, 2.75) is 24.8 Å². The topological polar surface area (TPSA) is 83.9 Å². The van der Waals surface area contributed by atoms with Gasteiger partial charge in [-0.05, 0) is 48.0 Å². The first kappa shape index (κ1) is 18.1. The summed E-state index contributed by atoms with van der Waals surface area (Å²) in [4.78, 5) is 10.9. The summed E-state index contributed by atoms with van der Waals surface area (Å²) in [6, 6.07) is 3.81. The van der Waals surface area contributed by atoms with E-state index in [2.05, 4.69) is 15.9 Å². The highest BCUT2D eigenvalue weighted by molar-refractivity contribution is 9.10. The molecule has 0 bridgehead atoms. The van der Waals surface area contributed by atoms with Crippen molar-refractivity contribution < 1.29 is 23.1 Å². The number of carbonyl (C=O) groups is 1. The van der Waals surface area contributed by atoms with Gasteiger partial charge in [0.05, 0.1) is 23.2 Å². The summed E-state index contributed by atoms with van der Waals surface area (Å²) in [6.07, 6.45) is 0.0303. The van der Waals surface area contributed by atoms with Crippen LogP contribution in [0.15, 0.2) is 27.6 Å². The number of aromatic carboxylic acids is 1. The number of hydrogen-bond acceptors (Lipinski definition) is 4. The number of halogens is 1. The van der Waals surface area contributed by atoms with Gasteiger partial charge in [-0.2, -0.15) is 4.31 Å². The van der Waals surface area contributed by atoms with Gasteiger partial charge in [0.15, 0.2) is 0 Å². The molecule has 21 heavy (non-hydrogen) atoms. The van der Waals surface area contributed by atoms with Crippen molar-refractivity contribution in [3.8, 4) is 0 Å². The minimum absolute atomic E-state index is 0.0200. The molecule has 1 aromatic carbocycles. The average molecular weight is 380 g/mol. The molecule has 0 atom stereocenters. The Labute approximate surface area is 132 Å². The Hall–Kier alpha value is -0.960. The van der Waals surface area contributed by atoms with Gasteiger partial charge in [0.25, 0.3) is 0 Å². The largest absolute Gasteiger partial charge is 0.478 e. The Morgan fingerprint density at radius 3 is 2.52 bits per heavy atom. The lowest BCUT2D eigenvalue weighted by molar-refractivity contribution is 0.0696. The molecule has 0 aliphatic heterocycles. The average Bonchev–Trinajstić information content (AvgIpc) is 2.37. The van der Waals surface area contributed by atoms with Gasteiger partial charge >= 0.3 is 5.97 Å². The molecule has 0 unspecified atom stereocenters. The summed E-state index contributed by atoms with van der Waals surface area (Å²) in [6.45, 7) is 4.25. The third kappa shape index (κ3) is 4.77. The number of ether oxygens (including phenoxy) is 1. The standard InChI is InChI=1S/C13H18BrNO5S/c1-9(2)20-7-6-15(3)21(18,19)12-5-4-10(13(16)17)8-11(12)14/h4-5,8-9H,6-7H2,1-3H3,(H,16,17). The second kappa shape index (κ2) is 7.35. The zero-order valence-electron chi connectivity index (χ0n) is 12.0. The lowest BCUT2D eigenvalue weighted by atomic mass is 10.2. The second-order valence-corrected chi connectivity index (χ2v) is 7.56. The Balaban J connectivity index is 2.94. The number of benzene rings is 1. The van der Waals surface area contributed by atoms with Gasteiger partial charge in [-0.1, -0.05) is 0 Å². The fourth-order valence-corrected chi connectivity index (χ4v) is 3.74. The van der Waals surface area contributed by atoms with Crippen LogP contribution in [0.5, 0.6) is 0 Å². The molecule has 118 valence electrons. The zero-order valence-corrected chi connectivity index (χ0v) is 14.4. The Morgan fingerprint density at radius 1 is 1.43 bits per heavy atom. The molecule has 1 aromatic rings. The molecule has 1 N–H and O–H groups in total. The van der Waals surface area contributed by atoms with E-state index in [1.54, 1.807) is 0 Å². The van der Waals surface area contributed by atoms with Crippen LogP contribution in [0.25, 0.3) is 0 Å². The Morgan fingerprint density at radius 2 is 2.05 bits per heavy atom. The lowest BCUT2D eigenvalue weighted by Gasteiger charge is -2.19. The maximum absolute atomic E-state index is 12.4. The Bertz CT molecular complexity index is 615. The highest BCUT2D eigenvalue weighted by atomic mass is 79.9. The summed E-state index contributed by atoms with van der Waals surface area (Å²) in [5.74, 6) is -1.11. The molecule has 8 heteroatoms. The van der Waals surface area contributed by atoms with Crippen LogP contribution in [0.1, 0.15) is 24.2 Å². The van der Waals surface area contributed by atoms with Crippen LogP contribution in [0.4, 0.5) is 0 Å². The van der Waals surface area contributed by atoms with E-state index >= 15 is 0 Å². The number of sulfonamides is 1. The van der Waals surface area contributed by atoms with Crippen LogP contribution >= 0.6 is 15.9 Å². The molecule has 0 aliphatic rings. The minimum atomic E-state index is -3.70. The van der Waals surface area contributed by atoms with Crippen molar-refractivity contribution in [3.63, 3.8) is 0 Å². The molecule has 0 fully saturated rings. The molecule has 0 amide bonds. The number of carboxylic acids is 1. The zero-order chi connectivity index (χ0) is 16.2. The smallest absolute Gasteiger partial charge is 0.335 e. The van der Waals surface area contributed by atoms with Crippen molar-refractivity contribution >= 4 is 31.9 Å². The molecular formula is C13H18BrNO5S.